The maximum absolute atomic E-state index is 12.7. The van der Waals surface area contributed by atoms with E-state index in [0.717, 1.165) is 18.4 Å². The van der Waals surface area contributed by atoms with Crippen molar-refractivity contribution >= 4 is 11.8 Å². The molecule has 1 unspecified atom stereocenters. The zero-order valence-corrected chi connectivity index (χ0v) is 15.4. The summed E-state index contributed by atoms with van der Waals surface area (Å²) in [6.45, 7) is 1.45. The third kappa shape index (κ3) is 4.15. The molecule has 1 aliphatic heterocycles. The average molecular weight is 369 g/mol. The number of hydrogen-bond acceptors (Lipinski definition) is 6. The predicted molar refractivity (Wildman–Crippen MR) is 95.4 cm³/mol. The molecule has 142 valence electrons. The summed E-state index contributed by atoms with van der Waals surface area (Å²) in [5.74, 6) is 1.48. The highest BCUT2D eigenvalue weighted by Crippen LogP contribution is 2.38. The number of hydrogen-bond donors (Lipinski definition) is 0. The molecule has 2 aliphatic rings. The van der Waals surface area contributed by atoms with Gasteiger partial charge in [-0.1, -0.05) is 11.2 Å². The number of aromatic nitrogens is 3. The van der Waals surface area contributed by atoms with Crippen LogP contribution < -0.4 is 0 Å². The van der Waals surface area contributed by atoms with E-state index in [1.807, 2.05) is 12.1 Å². The van der Waals surface area contributed by atoms with Gasteiger partial charge in [-0.2, -0.15) is 4.98 Å². The molecule has 8 heteroatoms. The first-order chi connectivity index (χ1) is 13.1. The van der Waals surface area contributed by atoms with Crippen LogP contribution in [0.2, 0.25) is 0 Å². The fourth-order valence-corrected chi connectivity index (χ4v) is 3.36. The summed E-state index contributed by atoms with van der Waals surface area (Å²) >= 11 is 0. The van der Waals surface area contributed by atoms with Gasteiger partial charge in [-0.3, -0.25) is 14.6 Å². The lowest BCUT2D eigenvalue weighted by atomic mass is 10.1. The number of rotatable bonds is 7. The maximum Gasteiger partial charge on any atom is 0.229 e. The van der Waals surface area contributed by atoms with E-state index in [9.17, 15) is 9.59 Å². The van der Waals surface area contributed by atoms with Gasteiger partial charge in [-0.25, -0.2) is 0 Å². The Morgan fingerprint density at radius 2 is 2.26 bits per heavy atom. The molecule has 1 saturated heterocycles. The van der Waals surface area contributed by atoms with Gasteiger partial charge in [-0.05, 0) is 24.5 Å². The van der Waals surface area contributed by atoms with Crippen molar-refractivity contribution in [1.29, 1.82) is 0 Å². The lowest BCUT2D eigenvalue weighted by Gasteiger charge is -2.21. The summed E-state index contributed by atoms with van der Waals surface area (Å²) in [6, 6.07) is 3.78. The third-order valence-electron chi connectivity index (χ3n) is 5.12. The lowest BCUT2D eigenvalue weighted by Crippen LogP contribution is -2.36. The highest BCUT2D eigenvalue weighted by molar-refractivity contribution is 5.89. The Kier molecular flexibility index (Phi) is 4.87. The van der Waals surface area contributed by atoms with Crippen LogP contribution in [0.3, 0.4) is 0 Å². The Morgan fingerprint density at radius 1 is 1.41 bits per heavy atom. The van der Waals surface area contributed by atoms with Crippen molar-refractivity contribution in [2.45, 2.75) is 38.1 Å². The molecule has 2 amide bonds. The summed E-state index contributed by atoms with van der Waals surface area (Å²) in [5, 5.41) is 3.98. The van der Waals surface area contributed by atoms with Crippen molar-refractivity contribution < 1.29 is 14.1 Å². The van der Waals surface area contributed by atoms with E-state index in [1.165, 1.54) is 0 Å². The number of likely N-dealkylation sites (N-methyl/N-ethyl adjacent to an activating group) is 1. The van der Waals surface area contributed by atoms with Crippen molar-refractivity contribution in [3.8, 4) is 0 Å². The molecule has 2 aromatic rings. The first-order valence-corrected chi connectivity index (χ1v) is 9.34. The standard InChI is InChI=1S/C19H23N5O3/c1-23(8-6-16-21-18(27-22-16)14-4-5-14)19(26)15-9-17(25)24(12-15)11-13-3-2-7-20-10-13/h2-3,7,10,14-15H,4-6,8-9,11-12H2,1H3. The molecule has 0 aromatic carbocycles. The van der Waals surface area contributed by atoms with Gasteiger partial charge in [0, 0.05) is 57.8 Å². The molecule has 1 aliphatic carbocycles. The Bertz CT molecular complexity index is 818. The van der Waals surface area contributed by atoms with Gasteiger partial charge in [0.25, 0.3) is 0 Å². The molecule has 2 fully saturated rings. The minimum absolute atomic E-state index is 0.0112. The van der Waals surface area contributed by atoms with Crippen LogP contribution in [0.15, 0.2) is 29.0 Å². The molecular formula is C19H23N5O3. The normalized spacial score (nSPS) is 19.5. The fourth-order valence-electron chi connectivity index (χ4n) is 3.36. The van der Waals surface area contributed by atoms with E-state index in [1.54, 1.807) is 29.2 Å². The second-order valence-electron chi connectivity index (χ2n) is 7.37. The van der Waals surface area contributed by atoms with E-state index < -0.39 is 0 Å². The summed E-state index contributed by atoms with van der Waals surface area (Å²) in [6.07, 6.45) is 6.50. The third-order valence-corrected chi connectivity index (χ3v) is 5.12. The van der Waals surface area contributed by atoms with Gasteiger partial charge in [0.15, 0.2) is 5.82 Å². The molecule has 1 atom stereocenters. The molecule has 3 heterocycles. The van der Waals surface area contributed by atoms with Crippen LogP contribution in [0.4, 0.5) is 0 Å². The Morgan fingerprint density at radius 3 is 3.00 bits per heavy atom. The summed E-state index contributed by atoms with van der Waals surface area (Å²) < 4.78 is 5.24. The first kappa shape index (κ1) is 17.6. The minimum Gasteiger partial charge on any atom is -0.345 e. The smallest absolute Gasteiger partial charge is 0.229 e. The first-order valence-electron chi connectivity index (χ1n) is 9.34. The number of likely N-dealkylation sites (tertiary alicyclic amines) is 1. The van der Waals surface area contributed by atoms with Crippen molar-refractivity contribution in [2.24, 2.45) is 5.92 Å². The van der Waals surface area contributed by atoms with Gasteiger partial charge >= 0.3 is 0 Å². The number of pyridine rings is 1. The van der Waals surface area contributed by atoms with Crippen LogP contribution in [0.25, 0.3) is 0 Å². The van der Waals surface area contributed by atoms with Crippen LogP contribution in [-0.2, 0) is 22.6 Å². The van der Waals surface area contributed by atoms with Crippen molar-refractivity contribution in [3.05, 3.63) is 41.8 Å². The van der Waals surface area contributed by atoms with Crippen LogP contribution in [-0.4, -0.2) is 56.9 Å². The van der Waals surface area contributed by atoms with Gasteiger partial charge < -0.3 is 14.3 Å². The largest absolute Gasteiger partial charge is 0.345 e. The van der Waals surface area contributed by atoms with E-state index in [0.29, 0.717) is 43.7 Å². The second kappa shape index (κ2) is 7.46. The Labute approximate surface area is 157 Å². The molecule has 0 N–H and O–H groups in total. The maximum atomic E-state index is 12.7. The zero-order valence-electron chi connectivity index (χ0n) is 15.4. The van der Waals surface area contributed by atoms with Crippen LogP contribution in [0.5, 0.6) is 0 Å². The monoisotopic (exact) mass is 369 g/mol. The minimum atomic E-state index is -0.300. The molecule has 0 spiro atoms. The fraction of sp³-hybridized carbons (Fsp3) is 0.526. The van der Waals surface area contributed by atoms with Crippen molar-refractivity contribution in [2.75, 3.05) is 20.1 Å². The van der Waals surface area contributed by atoms with E-state index in [4.69, 9.17) is 4.52 Å². The number of carbonyl (C=O) groups is 2. The van der Waals surface area contributed by atoms with Crippen molar-refractivity contribution in [1.82, 2.24) is 24.9 Å². The summed E-state index contributed by atoms with van der Waals surface area (Å²) in [5.41, 5.74) is 0.968. The quantitative estimate of drug-likeness (QED) is 0.732. The molecule has 4 rings (SSSR count). The Balaban J connectivity index is 1.28. The highest BCUT2D eigenvalue weighted by Gasteiger charge is 2.35. The molecule has 2 aromatic heterocycles. The highest BCUT2D eigenvalue weighted by atomic mass is 16.5. The lowest BCUT2D eigenvalue weighted by molar-refractivity contribution is -0.134. The second-order valence-corrected chi connectivity index (χ2v) is 7.37. The summed E-state index contributed by atoms with van der Waals surface area (Å²) in [4.78, 5) is 36.8. The zero-order chi connectivity index (χ0) is 18.8. The van der Waals surface area contributed by atoms with E-state index in [2.05, 4.69) is 15.1 Å². The van der Waals surface area contributed by atoms with Gasteiger partial charge in [0.1, 0.15) is 0 Å². The average Bonchev–Trinajstić information content (AvgIpc) is 3.32. The molecule has 8 nitrogen and oxygen atoms in total. The molecule has 0 bridgehead atoms. The number of nitrogens with zero attached hydrogens (tertiary/aromatic N) is 5. The van der Waals surface area contributed by atoms with Crippen LogP contribution in [0, 0.1) is 5.92 Å². The van der Waals surface area contributed by atoms with E-state index >= 15 is 0 Å². The van der Waals surface area contributed by atoms with Gasteiger partial charge in [0.2, 0.25) is 17.7 Å². The SMILES string of the molecule is CN(CCc1noc(C2CC2)n1)C(=O)C1CC(=O)N(Cc2cccnc2)C1. The topological polar surface area (TPSA) is 92.4 Å². The molecule has 0 radical (unpaired) electrons. The van der Waals surface area contributed by atoms with E-state index in [-0.39, 0.29) is 24.2 Å². The number of amides is 2. The van der Waals surface area contributed by atoms with Gasteiger partial charge in [-0.15, -0.1) is 0 Å². The molecule has 27 heavy (non-hydrogen) atoms. The van der Waals surface area contributed by atoms with Gasteiger partial charge in [0.05, 0.1) is 5.92 Å². The predicted octanol–water partition coefficient (Wildman–Crippen LogP) is 1.39. The summed E-state index contributed by atoms with van der Waals surface area (Å²) in [7, 11) is 1.76. The number of carbonyl (C=O) groups excluding carboxylic acids is 2. The van der Waals surface area contributed by atoms with Crippen LogP contribution >= 0.6 is 0 Å². The molecular weight excluding hydrogens is 346 g/mol. The Hall–Kier alpha value is -2.77. The van der Waals surface area contributed by atoms with Crippen molar-refractivity contribution in [3.63, 3.8) is 0 Å². The van der Waals surface area contributed by atoms with Crippen LogP contribution in [0.1, 0.15) is 42.5 Å². The molecule has 1 saturated carbocycles.